The molecule has 0 saturated carbocycles. The summed E-state index contributed by atoms with van der Waals surface area (Å²) in [5, 5.41) is 3.47. The van der Waals surface area contributed by atoms with Gasteiger partial charge in [0.05, 0.1) is 18.1 Å². The first-order valence-corrected chi connectivity index (χ1v) is 6.60. The van der Waals surface area contributed by atoms with Gasteiger partial charge < -0.3 is 14.6 Å². The van der Waals surface area contributed by atoms with Crippen LogP contribution in [0.25, 0.3) is 0 Å². The molecular formula is C13H23N3O. The van der Waals surface area contributed by atoms with Crippen molar-refractivity contribution in [2.75, 3.05) is 13.2 Å². The fourth-order valence-electron chi connectivity index (χ4n) is 2.29. The topological polar surface area (TPSA) is 39.1 Å². The fraction of sp³-hybridized carbons (Fsp3) is 0.769. The highest BCUT2D eigenvalue weighted by atomic mass is 16.5. The molecule has 1 atom stereocenters. The Morgan fingerprint density at radius 1 is 1.59 bits per heavy atom. The van der Waals surface area contributed by atoms with Crippen molar-refractivity contribution in [1.82, 2.24) is 14.9 Å². The molecule has 1 unspecified atom stereocenters. The summed E-state index contributed by atoms with van der Waals surface area (Å²) in [7, 11) is 0. The first kappa shape index (κ1) is 12.6. The van der Waals surface area contributed by atoms with Crippen LogP contribution in [0.3, 0.4) is 0 Å². The van der Waals surface area contributed by atoms with Crippen molar-refractivity contribution < 1.29 is 4.74 Å². The van der Waals surface area contributed by atoms with Gasteiger partial charge in [-0.15, -0.1) is 0 Å². The van der Waals surface area contributed by atoms with Crippen LogP contribution in [0.1, 0.15) is 44.8 Å². The highest BCUT2D eigenvalue weighted by molar-refractivity contribution is 4.99. The van der Waals surface area contributed by atoms with E-state index in [-0.39, 0.29) is 0 Å². The molecule has 1 aromatic rings. The van der Waals surface area contributed by atoms with E-state index in [1.807, 2.05) is 12.5 Å². The van der Waals surface area contributed by atoms with E-state index in [1.54, 1.807) is 0 Å². The van der Waals surface area contributed by atoms with Gasteiger partial charge in [0.25, 0.3) is 0 Å². The van der Waals surface area contributed by atoms with Crippen molar-refractivity contribution in [3.63, 3.8) is 0 Å². The Labute approximate surface area is 103 Å². The van der Waals surface area contributed by atoms with E-state index < -0.39 is 0 Å². The Balaban J connectivity index is 1.68. The van der Waals surface area contributed by atoms with Gasteiger partial charge in [-0.1, -0.05) is 0 Å². The van der Waals surface area contributed by atoms with Gasteiger partial charge in [-0.3, -0.25) is 0 Å². The largest absolute Gasteiger partial charge is 0.378 e. The van der Waals surface area contributed by atoms with Crippen molar-refractivity contribution in [3.05, 3.63) is 18.2 Å². The lowest BCUT2D eigenvalue weighted by atomic mass is 10.2. The zero-order valence-corrected chi connectivity index (χ0v) is 10.9. The van der Waals surface area contributed by atoms with Gasteiger partial charge in [0.1, 0.15) is 0 Å². The molecule has 17 heavy (non-hydrogen) atoms. The van der Waals surface area contributed by atoms with E-state index in [2.05, 4.69) is 28.7 Å². The summed E-state index contributed by atoms with van der Waals surface area (Å²) in [4.78, 5) is 4.20. The monoisotopic (exact) mass is 237 g/mol. The van der Waals surface area contributed by atoms with Crippen LogP contribution >= 0.6 is 0 Å². The van der Waals surface area contributed by atoms with Gasteiger partial charge in [-0.2, -0.15) is 0 Å². The molecule has 4 heteroatoms. The molecule has 0 radical (unpaired) electrons. The third kappa shape index (κ3) is 3.54. The Morgan fingerprint density at radius 2 is 2.47 bits per heavy atom. The molecule has 1 aliphatic heterocycles. The minimum atomic E-state index is 0.479. The van der Waals surface area contributed by atoms with Crippen molar-refractivity contribution in [2.45, 2.75) is 51.8 Å². The van der Waals surface area contributed by atoms with Crippen LogP contribution < -0.4 is 5.32 Å². The van der Waals surface area contributed by atoms with Gasteiger partial charge >= 0.3 is 0 Å². The Hall–Kier alpha value is -0.870. The highest BCUT2D eigenvalue weighted by Gasteiger charge is 2.14. The van der Waals surface area contributed by atoms with Crippen LogP contribution in [-0.2, 0) is 11.3 Å². The quantitative estimate of drug-likeness (QED) is 0.770. The number of rotatable bonds is 6. The molecule has 96 valence electrons. The van der Waals surface area contributed by atoms with Crippen molar-refractivity contribution in [3.8, 4) is 0 Å². The van der Waals surface area contributed by atoms with Crippen LogP contribution in [0.2, 0.25) is 0 Å². The maximum Gasteiger partial charge on any atom is 0.0951 e. The van der Waals surface area contributed by atoms with Crippen molar-refractivity contribution in [1.29, 1.82) is 0 Å². The van der Waals surface area contributed by atoms with Gasteiger partial charge in [-0.25, -0.2) is 4.98 Å². The van der Waals surface area contributed by atoms with Gasteiger partial charge in [-0.05, 0) is 39.7 Å². The molecule has 1 aliphatic rings. The maximum absolute atomic E-state index is 5.59. The summed E-state index contributed by atoms with van der Waals surface area (Å²) < 4.78 is 7.80. The van der Waals surface area contributed by atoms with Gasteiger partial charge in [0, 0.05) is 25.4 Å². The predicted octanol–water partition coefficient (Wildman–Crippen LogP) is 2.12. The standard InChI is InChI=1S/C13H23N3O/c1-11(2)16-10-15-9-12(16)8-14-6-5-13-4-3-7-17-13/h9-11,13-14H,3-8H2,1-2H3. The SMILES string of the molecule is CC(C)n1cncc1CNCCC1CCCO1. The fourth-order valence-corrected chi connectivity index (χ4v) is 2.29. The van der Waals surface area contributed by atoms with Crippen LogP contribution in [0.5, 0.6) is 0 Å². The Bertz CT molecular complexity index is 329. The number of imidazole rings is 1. The molecule has 1 aromatic heterocycles. The molecular weight excluding hydrogens is 214 g/mol. The minimum Gasteiger partial charge on any atom is -0.378 e. The zero-order chi connectivity index (χ0) is 12.1. The van der Waals surface area contributed by atoms with Crippen molar-refractivity contribution >= 4 is 0 Å². The minimum absolute atomic E-state index is 0.479. The number of ether oxygens (including phenoxy) is 1. The van der Waals surface area contributed by atoms with Crippen LogP contribution in [0.15, 0.2) is 12.5 Å². The number of hydrogen-bond donors (Lipinski definition) is 1. The molecule has 0 amide bonds. The summed E-state index contributed by atoms with van der Waals surface area (Å²) in [5.74, 6) is 0. The smallest absolute Gasteiger partial charge is 0.0951 e. The molecule has 0 spiro atoms. The number of nitrogens with one attached hydrogen (secondary N) is 1. The third-order valence-corrected chi connectivity index (χ3v) is 3.28. The number of hydrogen-bond acceptors (Lipinski definition) is 3. The second-order valence-electron chi connectivity index (χ2n) is 4.99. The molecule has 1 fully saturated rings. The molecule has 1 N–H and O–H groups in total. The molecule has 2 heterocycles. The van der Waals surface area contributed by atoms with Crippen LogP contribution in [0, 0.1) is 0 Å². The van der Waals surface area contributed by atoms with Crippen LogP contribution in [-0.4, -0.2) is 28.8 Å². The first-order chi connectivity index (χ1) is 8.27. The zero-order valence-electron chi connectivity index (χ0n) is 10.9. The van der Waals surface area contributed by atoms with E-state index in [9.17, 15) is 0 Å². The van der Waals surface area contributed by atoms with Gasteiger partial charge in [0.2, 0.25) is 0 Å². The summed E-state index contributed by atoms with van der Waals surface area (Å²) in [6.07, 6.45) is 7.91. The second kappa shape index (κ2) is 6.17. The van der Waals surface area contributed by atoms with Crippen molar-refractivity contribution in [2.24, 2.45) is 0 Å². The molecule has 2 rings (SSSR count). The molecule has 0 aliphatic carbocycles. The number of nitrogens with zero attached hydrogens (tertiary/aromatic N) is 2. The highest BCUT2D eigenvalue weighted by Crippen LogP contribution is 2.14. The summed E-state index contributed by atoms with van der Waals surface area (Å²) in [5.41, 5.74) is 1.26. The van der Waals surface area contributed by atoms with E-state index >= 15 is 0 Å². The molecule has 1 saturated heterocycles. The normalized spacial score (nSPS) is 20.3. The Morgan fingerprint density at radius 3 is 3.18 bits per heavy atom. The lowest BCUT2D eigenvalue weighted by Crippen LogP contribution is -2.21. The van der Waals surface area contributed by atoms with Crippen LogP contribution in [0.4, 0.5) is 0 Å². The summed E-state index contributed by atoms with van der Waals surface area (Å²) in [6, 6.07) is 0.479. The Kier molecular flexibility index (Phi) is 4.57. The van der Waals surface area contributed by atoms with E-state index in [4.69, 9.17) is 4.74 Å². The number of aromatic nitrogens is 2. The summed E-state index contributed by atoms with van der Waals surface area (Å²) >= 11 is 0. The lowest BCUT2D eigenvalue weighted by Gasteiger charge is -2.13. The average molecular weight is 237 g/mol. The molecule has 0 bridgehead atoms. The molecule has 4 nitrogen and oxygen atoms in total. The van der Waals surface area contributed by atoms with Gasteiger partial charge in [0.15, 0.2) is 0 Å². The maximum atomic E-state index is 5.59. The average Bonchev–Trinajstić information content (AvgIpc) is 2.95. The third-order valence-electron chi connectivity index (χ3n) is 3.28. The second-order valence-corrected chi connectivity index (χ2v) is 4.99. The summed E-state index contributed by atoms with van der Waals surface area (Å²) in [6.45, 7) is 7.22. The van der Waals surface area contributed by atoms with E-state index in [1.165, 1.54) is 18.5 Å². The molecule has 0 aromatic carbocycles. The first-order valence-electron chi connectivity index (χ1n) is 6.60. The van der Waals surface area contributed by atoms with E-state index in [0.717, 1.165) is 26.1 Å². The lowest BCUT2D eigenvalue weighted by molar-refractivity contribution is 0.104. The van der Waals surface area contributed by atoms with E-state index in [0.29, 0.717) is 12.1 Å². The predicted molar refractivity (Wildman–Crippen MR) is 67.9 cm³/mol.